The summed E-state index contributed by atoms with van der Waals surface area (Å²) >= 11 is 4.88. The first-order valence-electron chi connectivity index (χ1n) is 6.25. The third-order valence-electron chi connectivity index (χ3n) is 2.85. The number of thiocarbonyl (C=S) groups is 1. The summed E-state index contributed by atoms with van der Waals surface area (Å²) in [6.07, 6.45) is 0.717. The van der Waals surface area contributed by atoms with Gasteiger partial charge in [0.15, 0.2) is 0 Å². The molecule has 0 aliphatic carbocycles. The summed E-state index contributed by atoms with van der Waals surface area (Å²) in [6.45, 7) is 3.89. The number of benzene rings is 1. The van der Waals surface area contributed by atoms with Gasteiger partial charge in [-0.1, -0.05) is 25.2 Å². The van der Waals surface area contributed by atoms with Crippen LogP contribution in [-0.2, 0) is 6.42 Å². The standard InChI is InChI=1S/C15H15FN2OS/c1-3-11-12(8-7-9(2)18-11)19-13-6-4-5-10(16)14(13)15(17)20/h4-8H,3H2,1-2H3,(H2,17,20). The molecule has 0 atom stereocenters. The smallest absolute Gasteiger partial charge is 0.148 e. The van der Waals surface area contributed by atoms with Crippen LogP contribution in [0.5, 0.6) is 11.5 Å². The molecule has 0 spiro atoms. The van der Waals surface area contributed by atoms with E-state index in [2.05, 4.69) is 4.98 Å². The number of hydrogen-bond acceptors (Lipinski definition) is 3. The molecule has 1 heterocycles. The van der Waals surface area contributed by atoms with Crippen LogP contribution in [0, 0.1) is 12.7 Å². The van der Waals surface area contributed by atoms with Crippen molar-refractivity contribution >= 4 is 17.2 Å². The largest absolute Gasteiger partial charge is 0.455 e. The van der Waals surface area contributed by atoms with Gasteiger partial charge in [0.05, 0.1) is 11.3 Å². The second-order valence-electron chi connectivity index (χ2n) is 4.33. The van der Waals surface area contributed by atoms with Crippen molar-refractivity contribution in [2.24, 2.45) is 5.73 Å². The monoisotopic (exact) mass is 290 g/mol. The molecule has 0 saturated carbocycles. The minimum Gasteiger partial charge on any atom is -0.455 e. The molecule has 2 rings (SSSR count). The average molecular weight is 290 g/mol. The first-order valence-corrected chi connectivity index (χ1v) is 6.66. The van der Waals surface area contributed by atoms with Gasteiger partial charge in [-0.15, -0.1) is 0 Å². The zero-order chi connectivity index (χ0) is 14.7. The van der Waals surface area contributed by atoms with Gasteiger partial charge < -0.3 is 10.5 Å². The highest BCUT2D eigenvalue weighted by molar-refractivity contribution is 7.80. The molecule has 2 aromatic rings. The molecule has 0 bridgehead atoms. The van der Waals surface area contributed by atoms with Gasteiger partial charge in [-0.3, -0.25) is 4.98 Å². The number of ether oxygens (including phenoxy) is 1. The van der Waals surface area contributed by atoms with Crippen molar-refractivity contribution in [1.82, 2.24) is 4.98 Å². The van der Waals surface area contributed by atoms with E-state index >= 15 is 0 Å². The summed E-state index contributed by atoms with van der Waals surface area (Å²) in [4.78, 5) is 4.37. The predicted octanol–water partition coefficient (Wildman–Crippen LogP) is 3.52. The zero-order valence-electron chi connectivity index (χ0n) is 11.3. The summed E-state index contributed by atoms with van der Waals surface area (Å²) in [5.74, 6) is 0.396. The Bertz CT molecular complexity index is 658. The maximum Gasteiger partial charge on any atom is 0.148 e. The van der Waals surface area contributed by atoms with Crippen molar-refractivity contribution in [3.05, 3.63) is 53.1 Å². The quantitative estimate of drug-likeness (QED) is 0.875. The number of rotatable bonds is 4. The van der Waals surface area contributed by atoms with Gasteiger partial charge in [0.2, 0.25) is 0 Å². The highest BCUT2D eigenvalue weighted by Gasteiger charge is 2.14. The molecule has 3 nitrogen and oxygen atoms in total. The van der Waals surface area contributed by atoms with E-state index in [9.17, 15) is 4.39 Å². The Balaban J connectivity index is 2.45. The van der Waals surface area contributed by atoms with Crippen LogP contribution in [0.1, 0.15) is 23.9 Å². The van der Waals surface area contributed by atoms with Crippen molar-refractivity contribution in [2.45, 2.75) is 20.3 Å². The van der Waals surface area contributed by atoms with E-state index in [1.54, 1.807) is 12.1 Å². The van der Waals surface area contributed by atoms with Crippen LogP contribution in [0.25, 0.3) is 0 Å². The number of nitrogens with two attached hydrogens (primary N) is 1. The Morgan fingerprint density at radius 1 is 1.30 bits per heavy atom. The van der Waals surface area contributed by atoms with Crippen LogP contribution < -0.4 is 10.5 Å². The molecule has 0 fully saturated rings. The molecule has 2 N–H and O–H groups in total. The number of nitrogens with zero attached hydrogens (tertiary/aromatic N) is 1. The second-order valence-corrected chi connectivity index (χ2v) is 4.77. The average Bonchev–Trinajstić information content (AvgIpc) is 2.40. The lowest BCUT2D eigenvalue weighted by Crippen LogP contribution is -2.13. The van der Waals surface area contributed by atoms with E-state index in [-0.39, 0.29) is 10.6 Å². The molecule has 0 aliphatic heterocycles. The fraction of sp³-hybridized carbons (Fsp3) is 0.200. The van der Waals surface area contributed by atoms with Gasteiger partial charge in [0, 0.05) is 5.69 Å². The van der Waals surface area contributed by atoms with Crippen molar-refractivity contribution in [3.63, 3.8) is 0 Å². The van der Waals surface area contributed by atoms with Crippen LogP contribution in [0.2, 0.25) is 0 Å². The molecule has 0 radical (unpaired) electrons. The van der Waals surface area contributed by atoms with Crippen LogP contribution in [0.15, 0.2) is 30.3 Å². The topological polar surface area (TPSA) is 48.1 Å². The number of aromatic nitrogens is 1. The number of halogens is 1. The number of hydrogen-bond donors (Lipinski definition) is 1. The van der Waals surface area contributed by atoms with E-state index in [0.717, 1.165) is 11.4 Å². The predicted molar refractivity (Wildman–Crippen MR) is 80.7 cm³/mol. The van der Waals surface area contributed by atoms with Gasteiger partial charge in [-0.2, -0.15) is 0 Å². The van der Waals surface area contributed by atoms with Crippen molar-refractivity contribution in [1.29, 1.82) is 0 Å². The van der Waals surface area contributed by atoms with E-state index in [1.165, 1.54) is 6.07 Å². The Kier molecular flexibility index (Phi) is 4.29. The van der Waals surface area contributed by atoms with Gasteiger partial charge in [-0.25, -0.2) is 4.39 Å². The lowest BCUT2D eigenvalue weighted by Gasteiger charge is -2.13. The SMILES string of the molecule is CCc1nc(C)ccc1Oc1cccc(F)c1C(N)=S. The van der Waals surface area contributed by atoms with E-state index in [0.29, 0.717) is 17.9 Å². The highest BCUT2D eigenvalue weighted by atomic mass is 32.1. The van der Waals surface area contributed by atoms with Crippen molar-refractivity contribution < 1.29 is 9.13 Å². The number of pyridine rings is 1. The normalized spacial score (nSPS) is 10.3. The van der Waals surface area contributed by atoms with Gasteiger partial charge in [0.25, 0.3) is 0 Å². The molecule has 5 heteroatoms. The van der Waals surface area contributed by atoms with Gasteiger partial charge in [0.1, 0.15) is 22.3 Å². The Labute approximate surface area is 122 Å². The second kappa shape index (κ2) is 5.96. The molecule has 0 unspecified atom stereocenters. The van der Waals surface area contributed by atoms with Gasteiger partial charge in [-0.05, 0) is 37.6 Å². The lowest BCUT2D eigenvalue weighted by molar-refractivity contribution is 0.466. The maximum atomic E-state index is 13.8. The Morgan fingerprint density at radius 3 is 2.70 bits per heavy atom. The number of aryl methyl sites for hydroxylation is 2. The molecule has 20 heavy (non-hydrogen) atoms. The first kappa shape index (κ1) is 14.4. The molecule has 0 aliphatic rings. The minimum atomic E-state index is -0.492. The van der Waals surface area contributed by atoms with Crippen LogP contribution in [0.3, 0.4) is 0 Å². The van der Waals surface area contributed by atoms with E-state index in [1.807, 2.05) is 26.0 Å². The van der Waals surface area contributed by atoms with Gasteiger partial charge >= 0.3 is 0 Å². The zero-order valence-corrected chi connectivity index (χ0v) is 12.1. The van der Waals surface area contributed by atoms with Crippen LogP contribution >= 0.6 is 12.2 Å². The molecule has 0 saturated heterocycles. The molecule has 0 amide bonds. The summed E-state index contributed by atoms with van der Waals surface area (Å²) in [7, 11) is 0. The molecular formula is C15H15FN2OS. The summed E-state index contributed by atoms with van der Waals surface area (Å²) < 4.78 is 19.5. The third kappa shape index (κ3) is 2.93. The molecule has 1 aromatic heterocycles. The molecule has 1 aromatic carbocycles. The van der Waals surface area contributed by atoms with Crippen LogP contribution in [-0.4, -0.2) is 9.97 Å². The Morgan fingerprint density at radius 2 is 2.05 bits per heavy atom. The fourth-order valence-corrected chi connectivity index (χ4v) is 2.09. The van der Waals surface area contributed by atoms with E-state index in [4.69, 9.17) is 22.7 Å². The minimum absolute atomic E-state index is 0.0313. The van der Waals surface area contributed by atoms with Crippen LogP contribution in [0.4, 0.5) is 4.39 Å². The fourth-order valence-electron chi connectivity index (χ4n) is 1.89. The van der Waals surface area contributed by atoms with E-state index < -0.39 is 5.82 Å². The summed E-state index contributed by atoms with van der Waals surface area (Å²) in [6, 6.07) is 8.15. The molecule has 104 valence electrons. The van der Waals surface area contributed by atoms with Crippen molar-refractivity contribution in [3.8, 4) is 11.5 Å². The lowest BCUT2D eigenvalue weighted by atomic mass is 10.2. The summed E-state index contributed by atoms with van der Waals surface area (Å²) in [5.41, 5.74) is 7.39. The first-order chi connectivity index (χ1) is 9.52. The molecular weight excluding hydrogens is 275 g/mol. The Hall–Kier alpha value is -2.01. The maximum absolute atomic E-state index is 13.8. The third-order valence-corrected chi connectivity index (χ3v) is 3.05. The van der Waals surface area contributed by atoms with Crippen molar-refractivity contribution in [2.75, 3.05) is 0 Å². The summed E-state index contributed by atoms with van der Waals surface area (Å²) in [5, 5.41) is 0. The highest BCUT2D eigenvalue weighted by Crippen LogP contribution is 2.29.